The van der Waals surface area contributed by atoms with E-state index in [4.69, 9.17) is 0 Å². The van der Waals surface area contributed by atoms with Gasteiger partial charge in [-0.25, -0.2) is 9.97 Å². The summed E-state index contributed by atoms with van der Waals surface area (Å²) in [5, 5.41) is 3.13. The van der Waals surface area contributed by atoms with Crippen molar-refractivity contribution in [3.8, 4) is 0 Å². The van der Waals surface area contributed by atoms with Gasteiger partial charge in [-0.1, -0.05) is 18.2 Å². The summed E-state index contributed by atoms with van der Waals surface area (Å²) in [6.07, 6.45) is 5.38. The number of likely N-dealkylation sites (N-methyl/N-ethyl adjacent to an activating group) is 1. The van der Waals surface area contributed by atoms with Crippen LogP contribution in [0.2, 0.25) is 0 Å². The molecule has 1 amide bonds. The van der Waals surface area contributed by atoms with Crippen molar-refractivity contribution in [2.45, 2.75) is 25.8 Å². The van der Waals surface area contributed by atoms with Crippen LogP contribution in [0.25, 0.3) is 0 Å². The molecule has 2 heterocycles. The van der Waals surface area contributed by atoms with Crippen molar-refractivity contribution in [1.29, 1.82) is 0 Å². The third kappa shape index (κ3) is 4.50. The molecule has 1 aliphatic heterocycles. The number of anilines is 2. The van der Waals surface area contributed by atoms with E-state index in [9.17, 15) is 4.79 Å². The lowest BCUT2D eigenvalue weighted by Gasteiger charge is -2.33. The first-order valence-corrected chi connectivity index (χ1v) is 9.22. The number of hydrogen-bond donors (Lipinski definition) is 1. The van der Waals surface area contributed by atoms with Gasteiger partial charge in [0.25, 0.3) is 0 Å². The molecule has 1 aliphatic rings. The Bertz CT molecular complexity index is 694. The summed E-state index contributed by atoms with van der Waals surface area (Å²) < 4.78 is 0. The number of benzene rings is 1. The number of carbonyl (C=O) groups excluding carboxylic acids is 1. The van der Waals surface area contributed by atoms with Crippen molar-refractivity contribution >= 4 is 17.5 Å². The van der Waals surface area contributed by atoms with Crippen LogP contribution in [0, 0.1) is 5.92 Å². The molecule has 6 heteroatoms. The summed E-state index contributed by atoms with van der Waals surface area (Å²) in [4.78, 5) is 25.5. The minimum absolute atomic E-state index is 0.0122. The zero-order chi connectivity index (χ0) is 18.4. The van der Waals surface area contributed by atoms with E-state index in [1.165, 1.54) is 0 Å². The maximum Gasteiger partial charge on any atom is 0.225 e. The Morgan fingerprint density at radius 3 is 2.73 bits per heavy atom. The normalized spacial score (nSPS) is 18.2. The molecule has 1 saturated heterocycles. The number of rotatable bonds is 6. The van der Waals surface area contributed by atoms with Crippen molar-refractivity contribution in [3.05, 3.63) is 48.8 Å². The Morgan fingerprint density at radius 2 is 2.00 bits per heavy atom. The Morgan fingerprint density at radius 1 is 1.27 bits per heavy atom. The van der Waals surface area contributed by atoms with E-state index in [-0.39, 0.29) is 17.9 Å². The predicted octanol–water partition coefficient (Wildman–Crippen LogP) is 2.33. The van der Waals surface area contributed by atoms with E-state index in [1.54, 1.807) is 12.4 Å². The highest BCUT2D eigenvalue weighted by atomic mass is 16.1. The second kappa shape index (κ2) is 8.65. The van der Waals surface area contributed by atoms with Crippen LogP contribution >= 0.6 is 0 Å². The van der Waals surface area contributed by atoms with Gasteiger partial charge in [-0.05, 0) is 38.0 Å². The van der Waals surface area contributed by atoms with Gasteiger partial charge in [0.05, 0.1) is 5.92 Å². The van der Waals surface area contributed by atoms with Crippen LogP contribution in [0.4, 0.5) is 11.6 Å². The topological polar surface area (TPSA) is 61.4 Å². The third-order valence-electron chi connectivity index (χ3n) is 5.02. The van der Waals surface area contributed by atoms with Gasteiger partial charge in [0.2, 0.25) is 11.9 Å². The molecule has 0 aliphatic carbocycles. The Labute approximate surface area is 155 Å². The molecule has 3 rings (SSSR count). The molecule has 26 heavy (non-hydrogen) atoms. The molecule has 0 radical (unpaired) electrons. The zero-order valence-electron chi connectivity index (χ0n) is 15.5. The van der Waals surface area contributed by atoms with Crippen molar-refractivity contribution in [1.82, 2.24) is 15.3 Å². The van der Waals surface area contributed by atoms with E-state index in [0.29, 0.717) is 19.0 Å². The summed E-state index contributed by atoms with van der Waals surface area (Å²) in [5.74, 6) is 0.822. The fourth-order valence-electron chi connectivity index (χ4n) is 3.27. The lowest BCUT2D eigenvalue weighted by Crippen LogP contribution is -2.47. The average molecular weight is 353 g/mol. The second-order valence-electron chi connectivity index (χ2n) is 6.87. The molecule has 2 unspecified atom stereocenters. The minimum Gasteiger partial charge on any atom is -0.370 e. The Balaban J connectivity index is 1.51. The smallest absolute Gasteiger partial charge is 0.225 e. The van der Waals surface area contributed by atoms with Crippen LogP contribution in [-0.4, -0.2) is 48.6 Å². The molecule has 0 spiro atoms. The predicted molar refractivity (Wildman–Crippen MR) is 104 cm³/mol. The van der Waals surface area contributed by atoms with Crippen LogP contribution in [0.5, 0.6) is 0 Å². The highest BCUT2D eigenvalue weighted by Crippen LogP contribution is 2.20. The van der Waals surface area contributed by atoms with Gasteiger partial charge in [0, 0.05) is 50.8 Å². The van der Waals surface area contributed by atoms with Gasteiger partial charge >= 0.3 is 0 Å². The number of carbonyl (C=O) groups is 1. The van der Waals surface area contributed by atoms with Crippen molar-refractivity contribution < 1.29 is 4.79 Å². The number of hydrogen-bond acceptors (Lipinski definition) is 5. The van der Waals surface area contributed by atoms with Crippen LogP contribution < -0.4 is 15.1 Å². The van der Waals surface area contributed by atoms with Crippen LogP contribution in [0.15, 0.2) is 48.8 Å². The third-order valence-corrected chi connectivity index (χ3v) is 5.02. The van der Waals surface area contributed by atoms with E-state index in [0.717, 1.165) is 25.1 Å². The molecular weight excluding hydrogens is 326 g/mol. The summed E-state index contributed by atoms with van der Waals surface area (Å²) >= 11 is 0. The minimum atomic E-state index is -0.0122. The Kier molecular flexibility index (Phi) is 6.04. The molecule has 1 N–H and O–H groups in total. The van der Waals surface area contributed by atoms with Gasteiger partial charge in [-0.3, -0.25) is 4.79 Å². The van der Waals surface area contributed by atoms with Gasteiger partial charge in [-0.2, -0.15) is 0 Å². The molecule has 1 aromatic heterocycles. The van der Waals surface area contributed by atoms with Crippen LogP contribution in [0.3, 0.4) is 0 Å². The molecule has 0 saturated carbocycles. The standard InChI is InChI=1S/C20H27N5O/c1-16(24(2)18-9-4-3-5-10-18)14-23-19(26)17-8-6-13-25(15-17)20-21-11-7-12-22-20/h3-5,7,9-12,16-17H,6,8,13-15H2,1-2H3,(H,23,26). The number of nitrogens with one attached hydrogen (secondary N) is 1. The molecule has 2 aromatic rings. The first kappa shape index (κ1) is 18.2. The lowest BCUT2D eigenvalue weighted by atomic mass is 9.97. The van der Waals surface area contributed by atoms with E-state index in [2.05, 4.69) is 51.2 Å². The summed E-state index contributed by atoms with van der Waals surface area (Å²) in [5.41, 5.74) is 1.15. The van der Waals surface area contributed by atoms with Gasteiger partial charge < -0.3 is 15.1 Å². The first-order chi connectivity index (χ1) is 12.6. The number of aromatic nitrogens is 2. The zero-order valence-corrected chi connectivity index (χ0v) is 15.5. The largest absolute Gasteiger partial charge is 0.370 e. The van der Waals surface area contributed by atoms with Crippen LogP contribution in [-0.2, 0) is 4.79 Å². The molecule has 6 nitrogen and oxygen atoms in total. The average Bonchev–Trinajstić information content (AvgIpc) is 2.72. The number of para-hydroxylation sites is 1. The summed E-state index contributed by atoms with van der Waals surface area (Å²) in [6.45, 7) is 4.33. The molecule has 0 bridgehead atoms. The first-order valence-electron chi connectivity index (χ1n) is 9.22. The summed E-state index contributed by atoms with van der Waals surface area (Å²) in [7, 11) is 2.06. The monoisotopic (exact) mass is 353 g/mol. The van der Waals surface area contributed by atoms with Crippen LogP contribution in [0.1, 0.15) is 19.8 Å². The van der Waals surface area contributed by atoms with E-state index in [1.807, 2.05) is 24.3 Å². The van der Waals surface area contributed by atoms with Gasteiger partial charge in [-0.15, -0.1) is 0 Å². The molecule has 1 aromatic carbocycles. The van der Waals surface area contributed by atoms with E-state index >= 15 is 0 Å². The lowest BCUT2D eigenvalue weighted by molar-refractivity contribution is -0.125. The maximum atomic E-state index is 12.6. The van der Waals surface area contributed by atoms with Crippen molar-refractivity contribution in [2.75, 3.05) is 36.5 Å². The molecular formula is C20H27N5O. The number of amides is 1. The Hall–Kier alpha value is -2.63. The second-order valence-corrected chi connectivity index (χ2v) is 6.87. The fraction of sp³-hybridized carbons (Fsp3) is 0.450. The van der Waals surface area contributed by atoms with Gasteiger partial charge in [0.1, 0.15) is 0 Å². The highest BCUT2D eigenvalue weighted by molar-refractivity contribution is 5.79. The highest BCUT2D eigenvalue weighted by Gasteiger charge is 2.27. The van der Waals surface area contributed by atoms with Crippen molar-refractivity contribution in [2.24, 2.45) is 5.92 Å². The number of piperidine rings is 1. The quantitative estimate of drug-likeness (QED) is 0.864. The number of nitrogens with zero attached hydrogens (tertiary/aromatic N) is 4. The molecule has 2 atom stereocenters. The van der Waals surface area contributed by atoms with E-state index < -0.39 is 0 Å². The fourth-order valence-corrected chi connectivity index (χ4v) is 3.27. The molecule has 1 fully saturated rings. The SMILES string of the molecule is CC(CNC(=O)C1CCCN(c2ncccn2)C1)N(C)c1ccccc1. The maximum absolute atomic E-state index is 12.6. The molecule has 138 valence electrons. The van der Waals surface area contributed by atoms with Gasteiger partial charge in [0.15, 0.2) is 0 Å². The summed E-state index contributed by atoms with van der Waals surface area (Å²) in [6, 6.07) is 12.3. The van der Waals surface area contributed by atoms with Crippen molar-refractivity contribution in [3.63, 3.8) is 0 Å².